The SMILES string of the molecule is N#Cc1ccc(C(=O)NC[C@@H]2CCN(Cc3cccc(C#N)c3)C2)cc1. The van der Waals surface area contributed by atoms with Crippen LogP contribution in [0.2, 0.25) is 0 Å². The molecule has 0 bridgehead atoms. The molecule has 130 valence electrons. The van der Waals surface area contributed by atoms with Gasteiger partial charge in [0.2, 0.25) is 0 Å². The van der Waals surface area contributed by atoms with Gasteiger partial charge in [-0.15, -0.1) is 0 Å². The van der Waals surface area contributed by atoms with Crippen LogP contribution in [0.1, 0.15) is 33.5 Å². The Morgan fingerprint density at radius 1 is 1.12 bits per heavy atom. The zero-order valence-electron chi connectivity index (χ0n) is 14.5. The van der Waals surface area contributed by atoms with Gasteiger partial charge in [0.1, 0.15) is 0 Å². The minimum absolute atomic E-state index is 0.102. The first kappa shape index (κ1) is 17.7. The van der Waals surface area contributed by atoms with E-state index in [1.54, 1.807) is 24.3 Å². The lowest BCUT2D eigenvalue weighted by atomic mass is 10.1. The highest BCUT2D eigenvalue weighted by Gasteiger charge is 2.23. The van der Waals surface area contributed by atoms with E-state index in [0.29, 0.717) is 29.2 Å². The van der Waals surface area contributed by atoms with Crippen LogP contribution >= 0.6 is 0 Å². The molecular formula is C21H20N4O. The molecule has 0 saturated carbocycles. The van der Waals surface area contributed by atoms with Crippen molar-refractivity contribution in [2.45, 2.75) is 13.0 Å². The number of nitrogens with zero attached hydrogens (tertiary/aromatic N) is 3. The maximum atomic E-state index is 12.2. The molecule has 1 heterocycles. The third-order valence-electron chi connectivity index (χ3n) is 4.66. The van der Waals surface area contributed by atoms with Crippen molar-refractivity contribution in [1.82, 2.24) is 10.2 Å². The van der Waals surface area contributed by atoms with Gasteiger partial charge in [0.15, 0.2) is 0 Å². The second-order valence-electron chi connectivity index (χ2n) is 6.60. The molecule has 1 atom stereocenters. The fourth-order valence-electron chi connectivity index (χ4n) is 3.26. The van der Waals surface area contributed by atoms with Gasteiger partial charge in [-0.1, -0.05) is 12.1 Å². The number of hydrogen-bond donors (Lipinski definition) is 1. The minimum atomic E-state index is -0.102. The largest absolute Gasteiger partial charge is 0.352 e. The topological polar surface area (TPSA) is 79.9 Å². The Morgan fingerprint density at radius 3 is 2.62 bits per heavy atom. The molecule has 0 aromatic heterocycles. The second kappa shape index (κ2) is 8.29. The predicted molar refractivity (Wildman–Crippen MR) is 98.0 cm³/mol. The lowest BCUT2D eigenvalue weighted by molar-refractivity contribution is 0.0947. The van der Waals surface area contributed by atoms with Crippen LogP contribution in [0, 0.1) is 28.6 Å². The smallest absolute Gasteiger partial charge is 0.251 e. The number of amides is 1. The summed E-state index contributed by atoms with van der Waals surface area (Å²) in [6, 6.07) is 18.6. The Hall–Kier alpha value is -3.15. The summed E-state index contributed by atoms with van der Waals surface area (Å²) in [5.74, 6) is 0.325. The summed E-state index contributed by atoms with van der Waals surface area (Å²) in [5.41, 5.74) is 2.96. The van der Waals surface area contributed by atoms with Crippen molar-refractivity contribution >= 4 is 5.91 Å². The lowest BCUT2D eigenvalue weighted by Crippen LogP contribution is -2.30. The average Bonchev–Trinajstić information content (AvgIpc) is 3.13. The van der Waals surface area contributed by atoms with Crippen LogP contribution in [0.25, 0.3) is 0 Å². The van der Waals surface area contributed by atoms with Crippen molar-refractivity contribution in [2.24, 2.45) is 5.92 Å². The molecule has 1 amide bonds. The van der Waals surface area contributed by atoms with Crippen LogP contribution in [-0.2, 0) is 6.54 Å². The van der Waals surface area contributed by atoms with E-state index >= 15 is 0 Å². The fraction of sp³-hybridized carbons (Fsp3) is 0.286. The monoisotopic (exact) mass is 344 g/mol. The van der Waals surface area contributed by atoms with Crippen LogP contribution in [0.5, 0.6) is 0 Å². The maximum Gasteiger partial charge on any atom is 0.251 e. The summed E-state index contributed by atoms with van der Waals surface area (Å²) in [4.78, 5) is 14.6. The Labute approximate surface area is 153 Å². The van der Waals surface area contributed by atoms with E-state index in [-0.39, 0.29) is 5.91 Å². The summed E-state index contributed by atoms with van der Waals surface area (Å²) in [7, 11) is 0. The van der Waals surface area contributed by atoms with Gasteiger partial charge in [-0.2, -0.15) is 10.5 Å². The number of carbonyl (C=O) groups excluding carboxylic acids is 1. The molecule has 0 spiro atoms. The number of nitrogens with one attached hydrogen (secondary N) is 1. The molecule has 0 unspecified atom stereocenters. The van der Waals surface area contributed by atoms with Crippen molar-refractivity contribution in [2.75, 3.05) is 19.6 Å². The Bertz CT molecular complexity index is 861. The Kier molecular flexibility index (Phi) is 5.63. The quantitative estimate of drug-likeness (QED) is 0.904. The Morgan fingerprint density at radius 2 is 1.88 bits per heavy atom. The number of likely N-dealkylation sites (tertiary alicyclic amines) is 1. The van der Waals surface area contributed by atoms with Gasteiger partial charge in [-0.05, 0) is 60.8 Å². The summed E-state index contributed by atoms with van der Waals surface area (Å²) in [5, 5.41) is 20.8. The molecule has 1 N–H and O–H groups in total. The van der Waals surface area contributed by atoms with Gasteiger partial charge in [-0.3, -0.25) is 9.69 Å². The van der Waals surface area contributed by atoms with Crippen LogP contribution in [0.3, 0.4) is 0 Å². The zero-order chi connectivity index (χ0) is 18.4. The van der Waals surface area contributed by atoms with Crippen LogP contribution in [0.4, 0.5) is 0 Å². The lowest BCUT2D eigenvalue weighted by Gasteiger charge is -2.16. The molecule has 1 aliphatic heterocycles. The normalized spacial score (nSPS) is 16.6. The van der Waals surface area contributed by atoms with Crippen molar-refractivity contribution in [1.29, 1.82) is 10.5 Å². The Balaban J connectivity index is 1.47. The number of benzene rings is 2. The van der Waals surface area contributed by atoms with Crippen LogP contribution < -0.4 is 5.32 Å². The first-order valence-electron chi connectivity index (χ1n) is 8.67. The third-order valence-corrected chi connectivity index (χ3v) is 4.66. The molecular weight excluding hydrogens is 324 g/mol. The van der Waals surface area contributed by atoms with E-state index in [0.717, 1.165) is 31.6 Å². The highest BCUT2D eigenvalue weighted by Crippen LogP contribution is 2.18. The molecule has 0 radical (unpaired) electrons. The standard InChI is InChI=1S/C21H20N4O/c22-11-16-4-6-20(7-5-16)21(26)24-13-19-8-9-25(15-19)14-18-3-1-2-17(10-18)12-23/h1-7,10,19H,8-9,13-15H2,(H,24,26)/t19-/m0/s1. The molecule has 0 aliphatic carbocycles. The fourth-order valence-corrected chi connectivity index (χ4v) is 3.26. The second-order valence-corrected chi connectivity index (χ2v) is 6.60. The van der Waals surface area contributed by atoms with Gasteiger partial charge in [-0.25, -0.2) is 0 Å². The molecule has 2 aromatic rings. The molecule has 26 heavy (non-hydrogen) atoms. The van der Waals surface area contributed by atoms with Crippen LogP contribution in [0.15, 0.2) is 48.5 Å². The molecule has 1 saturated heterocycles. The number of hydrogen-bond acceptors (Lipinski definition) is 4. The molecule has 1 aliphatic rings. The van der Waals surface area contributed by atoms with E-state index in [1.807, 2.05) is 30.3 Å². The van der Waals surface area contributed by atoms with E-state index in [4.69, 9.17) is 10.5 Å². The van der Waals surface area contributed by atoms with Crippen molar-refractivity contribution in [3.63, 3.8) is 0 Å². The molecule has 1 fully saturated rings. The minimum Gasteiger partial charge on any atom is -0.352 e. The summed E-state index contributed by atoms with van der Waals surface area (Å²) in [6.45, 7) is 3.40. The van der Waals surface area contributed by atoms with Gasteiger partial charge in [0.25, 0.3) is 5.91 Å². The molecule has 5 heteroatoms. The molecule has 5 nitrogen and oxygen atoms in total. The first-order valence-corrected chi connectivity index (χ1v) is 8.67. The summed E-state index contributed by atoms with van der Waals surface area (Å²) < 4.78 is 0. The van der Waals surface area contributed by atoms with Gasteiger partial charge in [0, 0.05) is 25.2 Å². The highest BCUT2D eigenvalue weighted by atomic mass is 16.1. The first-order chi connectivity index (χ1) is 12.7. The zero-order valence-corrected chi connectivity index (χ0v) is 14.5. The number of nitriles is 2. The van der Waals surface area contributed by atoms with Crippen molar-refractivity contribution in [3.05, 3.63) is 70.8 Å². The van der Waals surface area contributed by atoms with Gasteiger partial charge in [0.05, 0.1) is 23.3 Å². The van der Waals surface area contributed by atoms with Crippen molar-refractivity contribution in [3.8, 4) is 12.1 Å². The number of rotatable bonds is 5. The molecule has 3 rings (SSSR count). The van der Waals surface area contributed by atoms with E-state index in [9.17, 15) is 4.79 Å². The summed E-state index contributed by atoms with van der Waals surface area (Å²) in [6.07, 6.45) is 1.05. The van der Waals surface area contributed by atoms with E-state index in [1.165, 1.54) is 0 Å². The van der Waals surface area contributed by atoms with E-state index in [2.05, 4.69) is 16.3 Å². The molecule has 2 aromatic carbocycles. The predicted octanol–water partition coefficient (Wildman–Crippen LogP) is 2.68. The number of carbonyl (C=O) groups is 1. The summed E-state index contributed by atoms with van der Waals surface area (Å²) >= 11 is 0. The van der Waals surface area contributed by atoms with Gasteiger partial charge >= 0.3 is 0 Å². The van der Waals surface area contributed by atoms with Crippen LogP contribution in [-0.4, -0.2) is 30.4 Å². The average molecular weight is 344 g/mol. The maximum absolute atomic E-state index is 12.2. The highest BCUT2D eigenvalue weighted by molar-refractivity contribution is 5.94. The van der Waals surface area contributed by atoms with Crippen molar-refractivity contribution < 1.29 is 4.79 Å². The van der Waals surface area contributed by atoms with Gasteiger partial charge < -0.3 is 5.32 Å². The third kappa shape index (κ3) is 4.47. The van der Waals surface area contributed by atoms with E-state index < -0.39 is 0 Å².